The van der Waals surface area contributed by atoms with Gasteiger partial charge in [0.15, 0.2) is 0 Å². The first kappa shape index (κ1) is 18.8. The summed E-state index contributed by atoms with van der Waals surface area (Å²) in [4.78, 5) is 8.35. The molecule has 6 heteroatoms. The topological polar surface area (TPSA) is 68.6 Å². The summed E-state index contributed by atoms with van der Waals surface area (Å²) in [6.45, 7) is 10.5. The molecule has 1 N–H and O–H groups in total. The van der Waals surface area contributed by atoms with E-state index in [0.29, 0.717) is 0 Å². The molecule has 0 aromatic carbocycles. The van der Waals surface area contributed by atoms with Gasteiger partial charge in [-0.15, -0.1) is 0 Å². The van der Waals surface area contributed by atoms with Gasteiger partial charge in [-0.05, 0) is 19.3 Å². The highest BCUT2D eigenvalue weighted by Gasteiger charge is 2.33. The molecular weight excluding hydrogens is 238 g/mol. The maximum Gasteiger partial charge on any atom is 0.497 e. The van der Waals surface area contributed by atoms with Crippen LogP contribution in [0.5, 0.6) is 0 Å². The Hall–Kier alpha value is -0.523. The van der Waals surface area contributed by atoms with Crippen LogP contribution >= 0.6 is 0 Å². The Morgan fingerprint density at radius 3 is 1.35 bits per heavy atom. The van der Waals surface area contributed by atoms with Crippen molar-refractivity contribution in [2.75, 3.05) is 19.8 Å². The molecule has 0 aliphatic rings. The lowest BCUT2D eigenvalue weighted by atomic mass is 10.5. The highest BCUT2D eigenvalue weighted by Crippen LogP contribution is 2.10. The molecule has 0 fully saturated rings. The Morgan fingerprint density at radius 2 is 1.18 bits per heavy atom. The van der Waals surface area contributed by atoms with Crippen LogP contribution in [0.1, 0.15) is 40.0 Å². The van der Waals surface area contributed by atoms with Crippen LogP contribution in [0, 0.1) is 5.41 Å². The van der Waals surface area contributed by atoms with Crippen LogP contribution in [0.25, 0.3) is 0 Å². The molecule has 0 saturated heterocycles. The molecular formula is C11H25NO4Si. The van der Waals surface area contributed by atoms with Gasteiger partial charge in [-0.25, -0.2) is 10.2 Å². The summed E-state index contributed by atoms with van der Waals surface area (Å²) >= 11 is 0. The fraction of sp³-hybridized carbons (Fsp3) is 0.909. The number of isocyanates is 1. The number of rotatable bonds is 9. The van der Waals surface area contributed by atoms with Gasteiger partial charge in [0, 0.05) is 26.4 Å². The maximum absolute atomic E-state index is 8.35. The van der Waals surface area contributed by atoms with Crippen molar-refractivity contribution in [1.29, 1.82) is 5.41 Å². The molecule has 0 amide bonds. The van der Waals surface area contributed by atoms with E-state index in [4.69, 9.17) is 23.5 Å². The van der Waals surface area contributed by atoms with Crippen molar-refractivity contribution in [1.82, 2.24) is 0 Å². The summed E-state index contributed by atoms with van der Waals surface area (Å²) in [5.41, 5.74) is 0. The molecule has 0 aliphatic carbocycles. The van der Waals surface area contributed by atoms with Crippen molar-refractivity contribution in [3.63, 3.8) is 0 Å². The van der Waals surface area contributed by atoms with Crippen molar-refractivity contribution in [3.05, 3.63) is 0 Å². The summed E-state index contributed by atoms with van der Waals surface area (Å²) < 4.78 is 17.0. The van der Waals surface area contributed by atoms with Crippen LogP contribution in [0.3, 0.4) is 0 Å². The molecule has 102 valence electrons. The molecule has 0 aromatic rings. The van der Waals surface area contributed by atoms with Crippen LogP contribution in [0.4, 0.5) is 0 Å². The third-order valence-electron chi connectivity index (χ3n) is 1.71. The van der Waals surface area contributed by atoms with Gasteiger partial charge in [0.25, 0.3) is 0 Å². The molecule has 0 saturated carbocycles. The number of carbonyl (C=O) groups excluding carboxylic acids is 1. The van der Waals surface area contributed by atoms with Gasteiger partial charge in [0.2, 0.25) is 6.08 Å². The van der Waals surface area contributed by atoms with Gasteiger partial charge in [-0.1, -0.05) is 20.8 Å². The molecule has 0 rings (SSSR count). The van der Waals surface area contributed by atoms with Crippen LogP contribution in [0.2, 0.25) is 6.55 Å². The molecule has 0 bridgehead atoms. The first-order valence-corrected chi connectivity index (χ1v) is 8.28. The Bertz CT molecular complexity index is 174. The largest absolute Gasteiger partial charge is 0.497 e. The molecule has 17 heavy (non-hydrogen) atoms. The molecule has 0 aromatic heterocycles. The van der Waals surface area contributed by atoms with E-state index in [2.05, 4.69) is 20.8 Å². The lowest BCUT2D eigenvalue weighted by molar-refractivity contribution is 0.0658. The average molecular weight is 263 g/mol. The van der Waals surface area contributed by atoms with Crippen molar-refractivity contribution in [2.24, 2.45) is 0 Å². The van der Waals surface area contributed by atoms with E-state index in [1.54, 1.807) is 0 Å². The van der Waals surface area contributed by atoms with Crippen molar-refractivity contribution < 1.29 is 18.1 Å². The minimum absolute atomic E-state index is 0.732. The highest BCUT2D eigenvalue weighted by molar-refractivity contribution is 6.59. The lowest BCUT2D eigenvalue weighted by Gasteiger charge is -2.25. The first-order valence-electron chi connectivity index (χ1n) is 6.05. The van der Waals surface area contributed by atoms with Crippen molar-refractivity contribution in [3.8, 4) is 0 Å². The van der Waals surface area contributed by atoms with Crippen molar-refractivity contribution >= 4 is 14.9 Å². The molecule has 0 radical (unpaired) electrons. The van der Waals surface area contributed by atoms with Crippen LogP contribution in [-0.2, 0) is 18.1 Å². The van der Waals surface area contributed by atoms with Crippen molar-refractivity contribution in [2.45, 2.75) is 46.6 Å². The van der Waals surface area contributed by atoms with Gasteiger partial charge in [0.1, 0.15) is 0 Å². The maximum atomic E-state index is 8.35. The highest BCUT2D eigenvalue weighted by atomic mass is 28.4. The summed E-state index contributed by atoms with van der Waals surface area (Å²) in [5.74, 6) is 0. The van der Waals surface area contributed by atoms with E-state index >= 15 is 0 Å². The molecule has 0 spiro atoms. The predicted molar refractivity (Wildman–Crippen MR) is 68.8 cm³/mol. The summed E-state index contributed by atoms with van der Waals surface area (Å²) in [6, 6.07) is 0. The second-order valence-electron chi connectivity index (χ2n) is 3.51. The van der Waals surface area contributed by atoms with Gasteiger partial charge in [-0.2, -0.15) is 0 Å². The average Bonchev–Trinajstić information content (AvgIpc) is 2.33. The molecule has 0 heterocycles. The van der Waals surface area contributed by atoms with Crippen LogP contribution in [-0.4, -0.2) is 34.7 Å². The fourth-order valence-corrected chi connectivity index (χ4v) is 2.96. The van der Waals surface area contributed by atoms with Gasteiger partial charge < -0.3 is 13.3 Å². The SMILES string of the molecule is CCCO[Si](C)(OCCC)OCCC.N=C=O. The first-order chi connectivity index (χ1) is 8.10. The van der Waals surface area contributed by atoms with Gasteiger partial charge in [0.05, 0.1) is 0 Å². The fourth-order valence-electron chi connectivity index (χ4n) is 0.987. The molecule has 0 atom stereocenters. The predicted octanol–water partition coefficient (Wildman–Crippen LogP) is 2.74. The van der Waals surface area contributed by atoms with Gasteiger partial charge >= 0.3 is 8.80 Å². The minimum atomic E-state index is -2.31. The number of nitrogens with one attached hydrogen (secondary N) is 1. The lowest BCUT2D eigenvalue weighted by Crippen LogP contribution is -2.43. The standard InChI is InChI=1S/C10H24O3Si.CHNO/c1-5-8-11-14(4,12-9-6-2)13-10-7-3;2-1-3/h5-10H2,1-4H3;2H. The third kappa shape index (κ3) is 13.4. The summed E-state index contributed by atoms with van der Waals surface area (Å²) in [7, 11) is -2.31. The Balaban J connectivity index is 0. The van der Waals surface area contributed by atoms with E-state index in [1.807, 2.05) is 6.55 Å². The number of hydrogen-bond acceptors (Lipinski definition) is 5. The molecule has 5 nitrogen and oxygen atoms in total. The summed E-state index contributed by atoms with van der Waals surface area (Å²) in [5, 5.41) is 5.40. The van der Waals surface area contributed by atoms with Crippen LogP contribution in [0.15, 0.2) is 0 Å². The quantitative estimate of drug-likeness (QED) is 0.394. The minimum Gasteiger partial charge on any atom is -0.374 e. The van der Waals surface area contributed by atoms with E-state index in [9.17, 15) is 0 Å². The smallest absolute Gasteiger partial charge is 0.374 e. The Kier molecular flexibility index (Phi) is 15.0. The van der Waals surface area contributed by atoms with E-state index < -0.39 is 8.80 Å². The Morgan fingerprint density at radius 1 is 0.941 bits per heavy atom. The number of hydrogen-bond donors (Lipinski definition) is 1. The van der Waals surface area contributed by atoms with Gasteiger partial charge in [-0.3, -0.25) is 0 Å². The zero-order valence-electron chi connectivity index (χ0n) is 11.4. The second kappa shape index (κ2) is 13.5. The summed E-state index contributed by atoms with van der Waals surface area (Å²) in [6.07, 6.45) is 3.77. The van der Waals surface area contributed by atoms with E-state index in [-0.39, 0.29) is 0 Å². The van der Waals surface area contributed by atoms with Crippen LogP contribution < -0.4 is 0 Å². The third-order valence-corrected chi connectivity index (χ3v) is 3.89. The Labute approximate surface area is 105 Å². The normalized spacial score (nSPS) is 10.4. The molecule has 0 unspecified atom stereocenters. The zero-order valence-corrected chi connectivity index (χ0v) is 12.4. The zero-order chi connectivity index (χ0) is 13.6. The second-order valence-corrected chi connectivity index (χ2v) is 6.10. The monoisotopic (exact) mass is 263 g/mol. The molecule has 0 aliphatic heterocycles. The van der Waals surface area contributed by atoms with E-state index in [0.717, 1.165) is 45.2 Å². The van der Waals surface area contributed by atoms with E-state index in [1.165, 1.54) is 0 Å².